The molecule has 1 amide bonds. The number of carbonyl (C=O) groups is 1. The highest BCUT2D eigenvalue weighted by atomic mass is 16.4. The number of furan rings is 1. The molecule has 4 heteroatoms. The van der Waals surface area contributed by atoms with Gasteiger partial charge in [0.2, 0.25) is 0 Å². The number of carbonyl (C=O) groups excluding carboxylic acids is 1. The van der Waals surface area contributed by atoms with E-state index in [9.17, 15) is 4.79 Å². The van der Waals surface area contributed by atoms with Crippen molar-refractivity contribution in [3.63, 3.8) is 0 Å². The topological polar surface area (TPSA) is 45.5 Å². The van der Waals surface area contributed by atoms with Crippen LogP contribution in [0.3, 0.4) is 0 Å². The van der Waals surface area contributed by atoms with Crippen LogP contribution >= 0.6 is 0 Å². The number of amides is 1. The summed E-state index contributed by atoms with van der Waals surface area (Å²) >= 11 is 0. The van der Waals surface area contributed by atoms with Crippen LogP contribution in [0.1, 0.15) is 49.4 Å². The molecule has 0 atom stereocenters. The highest BCUT2D eigenvalue weighted by Gasteiger charge is 2.15. The number of hydrogen-bond donors (Lipinski definition) is 1. The summed E-state index contributed by atoms with van der Waals surface area (Å²) in [7, 11) is 0. The maximum atomic E-state index is 11.8. The van der Waals surface area contributed by atoms with Crippen molar-refractivity contribution in [2.24, 2.45) is 5.92 Å². The van der Waals surface area contributed by atoms with E-state index in [4.69, 9.17) is 4.42 Å². The van der Waals surface area contributed by atoms with Gasteiger partial charge in [0.05, 0.1) is 6.54 Å². The summed E-state index contributed by atoms with van der Waals surface area (Å²) in [4.78, 5) is 14.2. The fraction of sp³-hybridized carbons (Fsp3) is 0.667. The summed E-state index contributed by atoms with van der Waals surface area (Å²) in [6.45, 7) is 7.91. The number of nitrogens with zero attached hydrogens (tertiary/aromatic N) is 1. The molecular weight excluding hydrogens is 240 g/mol. The first-order valence-electron chi connectivity index (χ1n) is 7.24. The predicted molar refractivity (Wildman–Crippen MR) is 75.0 cm³/mol. The molecule has 0 aliphatic carbocycles. The zero-order valence-corrected chi connectivity index (χ0v) is 11.9. The van der Waals surface area contributed by atoms with Crippen LogP contribution in [0.5, 0.6) is 0 Å². The molecule has 2 rings (SSSR count). The quantitative estimate of drug-likeness (QED) is 0.889. The lowest BCUT2D eigenvalue weighted by Crippen LogP contribution is -2.29. The Balaban J connectivity index is 1.85. The van der Waals surface area contributed by atoms with Crippen LogP contribution in [0.2, 0.25) is 0 Å². The smallest absolute Gasteiger partial charge is 0.287 e. The summed E-state index contributed by atoms with van der Waals surface area (Å²) in [5, 5.41) is 2.87. The molecule has 0 bridgehead atoms. The molecule has 1 aliphatic rings. The molecule has 106 valence electrons. The Morgan fingerprint density at radius 3 is 2.74 bits per heavy atom. The lowest BCUT2D eigenvalue weighted by molar-refractivity contribution is 0.0916. The van der Waals surface area contributed by atoms with Gasteiger partial charge in [-0.3, -0.25) is 9.69 Å². The Bertz CT molecular complexity index is 406. The minimum absolute atomic E-state index is 0.112. The first-order valence-corrected chi connectivity index (χ1v) is 7.24. The molecular formula is C15H24N2O2. The molecule has 1 aromatic rings. The normalized spacial score (nSPS) is 16.8. The van der Waals surface area contributed by atoms with Gasteiger partial charge in [-0.1, -0.05) is 20.3 Å². The van der Waals surface area contributed by atoms with E-state index in [0.29, 0.717) is 18.2 Å². The van der Waals surface area contributed by atoms with Gasteiger partial charge >= 0.3 is 0 Å². The Morgan fingerprint density at radius 1 is 1.32 bits per heavy atom. The van der Waals surface area contributed by atoms with Crippen LogP contribution in [0.25, 0.3) is 0 Å². The van der Waals surface area contributed by atoms with Crippen molar-refractivity contribution in [2.75, 3.05) is 19.6 Å². The first-order chi connectivity index (χ1) is 9.15. The van der Waals surface area contributed by atoms with Crippen LogP contribution in [0, 0.1) is 5.92 Å². The number of likely N-dealkylation sites (tertiary alicyclic amines) is 1. The van der Waals surface area contributed by atoms with E-state index < -0.39 is 0 Å². The van der Waals surface area contributed by atoms with E-state index in [-0.39, 0.29) is 5.91 Å². The molecule has 1 aromatic heterocycles. The Labute approximate surface area is 115 Å². The largest absolute Gasteiger partial charge is 0.455 e. The van der Waals surface area contributed by atoms with E-state index in [1.54, 1.807) is 6.07 Å². The lowest BCUT2D eigenvalue weighted by Gasteiger charge is -2.25. The van der Waals surface area contributed by atoms with Crippen molar-refractivity contribution in [1.82, 2.24) is 10.2 Å². The molecule has 1 fully saturated rings. The summed E-state index contributed by atoms with van der Waals surface area (Å²) in [6.07, 6.45) is 3.86. The zero-order valence-electron chi connectivity index (χ0n) is 11.9. The molecule has 2 heterocycles. The Morgan fingerprint density at radius 2 is 2.05 bits per heavy atom. The fourth-order valence-corrected chi connectivity index (χ4v) is 2.31. The van der Waals surface area contributed by atoms with Crippen LogP contribution in [-0.2, 0) is 6.54 Å². The third-order valence-corrected chi connectivity index (χ3v) is 3.38. The van der Waals surface area contributed by atoms with Gasteiger partial charge < -0.3 is 9.73 Å². The van der Waals surface area contributed by atoms with E-state index in [0.717, 1.165) is 25.4 Å². The van der Waals surface area contributed by atoms with Gasteiger partial charge in [-0.25, -0.2) is 0 Å². The summed E-state index contributed by atoms with van der Waals surface area (Å²) < 4.78 is 5.63. The molecule has 0 radical (unpaired) electrons. The molecule has 4 nitrogen and oxygen atoms in total. The Kier molecular flexibility index (Phi) is 5.02. The van der Waals surface area contributed by atoms with E-state index in [1.165, 1.54) is 19.3 Å². The molecule has 0 aromatic carbocycles. The van der Waals surface area contributed by atoms with Crippen LogP contribution < -0.4 is 5.32 Å². The summed E-state index contributed by atoms with van der Waals surface area (Å²) in [5.74, 6) is 1.65. The van der Waals surface area contributed by atoms with Crippen molar-refractivity contribution >= 4 is 5.91 Å². The SMILES string of the molecule is CC(C)CNC(=O)c1ccc(CN2CCCCC2)o1. The fourth-order valence-electron chi connectivity index (χ4n) is 2.31. The second-order valence-electron chi connectivity index (χ2n) is 5.71. The number of hydrogen-bond acceptors (Lipinski definition) is 3. The van der Waals surface area contributed by atoms with Crippen LogP contribution in [0.4, 0.5) is 0 Å². The second-order valence-corrected chi connectivity index (χ2v) is 5.71. The first kappa shape index (κ1) is 14.1. The van der Waals surface area contributed by atoms with Crippen molar-refractivity contribution in [3.8, 4) is 0 Å². The monoisotopic (exact) mass is 264 g/mol. The van der Waals surface area contributed by atoms with Gasteiger partial charge in [-0.05, 0) is 44.0 Å². The summed E-state index contributed by atoms with van der Waals surface area (Å²) in [5.41, 5.74) is 0. The maximum absolute atomic E-state index is 11.8. The van der Waals surface area contributed by atoms with Crippen molar-refractivity contribution in [3.05, 3.63) is 23.7 Å². The van der Waals surface area contributed by atoms with Gasteiger partial charge in [0.1, 0.15) is 5.76 Å². The molecule has 1 saturated heterocycles. The van der Waals surface area contributed by atoms with Crippen molar-refractivity contribution < 1.29 is 9.21 Å². The van der Waals surface area contributed by atoms with Gasteiger partial charge in [0.15, 0.2) is 5.76 Å². The van der Waals surface area contributed by atoms with Gasteiger partial charge in [-0.2, -0.15) is 0 Å². The molecule has 1 aliphatic heterocycles. The van der Waals surface area contributed by atoms with E-state index >= 15 is 0 Å². The average molecular weight is 264 g/mol. The molecule has 0 spiro atoms. The van der Waals surface area contributed by atoms with Crippen molar-refractivity contribution in [2.45, 2.75) is 39.7 Å². The van der Waals surface area contributed by atoms with Crippen LogP contribution in [0.15, 0.2) is 16.5 Å². The second kappa shape index (κ2) is 6.75. The number of nitrogens with one attached hydrogen (secondary N) is 1. The lowest BCUT2D eigenvalue weighted by atomic mass is 10.1. The number of piperidine rings is 1. The highest BCUT2D eigenvalue weighted by Crippen LogP contribution is 2.15. The molecule has 0 saturated carbocycles. The molecule has 19 heavy (non-hydrogen) atoms. The highest BCUT2D eigenvalue weighted by molar-refractivity contribution is 5.91. The summed E-state index contributed by atoms with van der Waals surface area (Å²) in [6, 6.07) is 3.69. The van der Waals surface area contributed by atoms with Gasteiger partial charge in [0, 0.05) is 6.54 Å². The third kappa shape index (κ3) is 4.39. The van der Waals surface area contributed by atoms with Gasteiger partial charge in [0.25, 0.3) is 5.91 Å². The minimum Gasteiger partial charge on any atom is -0.455 e. The third-order valence-electron chi connectivity index (χ3n) is 3.38. The Hall–Kier alpha value is -1.29. The average Bonchev–Trinajstić information content (AvgIpc) is 2.85. The predicted octanol–water partition coefficient (Wildman–Crippen LogP) is 2.65. The van der Waals surface area contributed by atoms with Crippen molar-refractivity contribution in [1.29, 1.82) is 0 Å². The van der Waals surface area contributed by atoms with Crippen LogP contribution in [-0.4, -0.2) is 30.4 Å². The number of rotatable bonds is 5. The maximum Gasteiger partial charge on any atom is 0.287 e. The van der Waals surface area contributed by atoms with E-state index in [2.05, 4.69) is 24.1 Å². The zero-order chi connectivity index (χ0) is 13.7. The molecule has 0 unspecified atom stereocenters. The van der Waals surface area contributed by atoms with Gasteiger partial charge in [-0.15, -0.1) is 0 Å². The molecule has 1 N–H and O–H groups in total. The minimum atomic E-state index is -0.112. The van der Waals surface area contributed by atoms with E-state index in [1.807, 2.05) is 6.07 Å². The standard InChI is InChI=1S/C15H24N2O2/c1-12(2)10-16-15(18)14-7-6-13(19-14)11-17-8-4-3-5-9-17/h6-7,12H,3-5,8-11H2,1-2H3,(H,16,18).